The molecule has 0 radical (unpaired) electrons. The van der Waals surface area contributed by atoms with Gasteiger partial charge in [-0.15, -0.1) is 0 Å². The number of hydrogen-bond donors (Lipinski definition) is 1. The summed E-state index contributed by atoms with van der Waals surface area (Å²) in [6.07, 6.45) is 30.6. The molecule has 0 aromatic heterocycles. The number of unbranched alkanes of at least 4 members (excludes halogenated alkanes) is 16. The minimum atomic E-state index is 0.245. The van der Waals surface area contributed by atoms with E-state index in [0.717, 1.165) is 32.2 Å². The van der Waals surface area contributed by atoms with Crippen LogP contribution < -0.4 is 5.32 Å². The predicted molar refractivity (Wildman–Crippen MR) is 126 cm³/mol. The lowest BCUT2D eigenvalue weighted by atomic mass is 10.1. The molecule has 0 atom stereocenters. The molecule has 0 spiro atoms. The highest BCUT2D eigenvalue weighted by molar-refractivity contribution is 5.75. The number of rotatable bonds is 22. The Morgan fingerprint density at radius 2 is 1.00 bits per heavy atom. The zero-order chi connectivity index (χ0) is 20.5. The summed E-state index contributed by atoms with van der Waals surface area (Å²) >= 11 is 0. The summed E-state index contributed by atoms with van der Waals surface area (Å²) in [6, 6.07) is 0. The first-order valence-corrected chi connectivity index (χ1v) is 12.7. The quantitative estimate of drug-likeness (QED) is 0.145. The lowest BCUT2D eigenvalue weighted by Crippen LogP contribution is -2.23. The second kappa shape index (κ2) is 24.2. The fourth-order valence-corrected chi connectivity index (χ4v) is 3.56. The molecule has 0 aliphatic carbocycles. The molecule has 166 valence electrons. The van der Waals surface area contributed by atoms with E-state index < -0.39 is 0 Å². The second-order valence-corrected chi connectivity index (χ2v) is 8.45. The Labute approximate surface area is 177 Å². The lowest BCUT2D eigenvalue weighted by Gasteiger charge is -2.04. The molecule has 0 bridgehead atoms. The van der Waals surface area contributed by atoms with Gasteiger partial charge in [-0.25, -0.2) is 0 Å². The van der Waals surface area contributed by atoms with Gasteiger partial charge in [-0.2, -0.15) is 0 Å². The number of nitrogens with one attached hydrogen (secondary N) is 1. The van der Waals surface area contributed by atoms with Crippen LogP contribution in [-0.2, 0) is 4.79 Å². The number of carbonyl (C=O) groups is 1. The van der Waals surface area contributed by atoms with Crippen LogP contribution in [-0.4, -0.2) is 12.5 Å². The van der Waals surface area contributed by atoms with Crippen molar-refractivity contribution >= 4 is 5.91 Å². The average Bonchev–Trinajstić information content (AvgIpc) is 2.70. The van der Waals surface area contributed by atoms with Crippen molar-refractivity contribution in [1.29, 1.82) is 0 Å². The highest BCUT2D eigenvalue weighted by Gasteiger charge is 1.99. The molecule has 0 aliphatic rings. The van der Waals surface area contributed by atoms with Gasteiger partial charge >= 0.3 is 0 Å². The molecule has 28 heavy (non-hydrogen) atoms. The first-order chi connectivity index (χ1) is 13.8. The zero-order valence-corrected chi connectivity index (χ0v) is 19.4. The minimum Gasteiger partial charge on any atom is -0.356 e. The SMILES string of the molecule is CCCCCCCC/C=C\CCCCCCCCCCCC(=O)NCCCC. The van der Waals surface area contributed by atoms with Gasteiger partial charge in [0.2, 0.25) is 5.91 Å². The van der Waals surface area contributed by atoms with Crippen molar-refractivity contribution in [2.75, 3.05) is 6.54 Å². The molecule has 0 saturated carbocycles. The van der Waals surface area contributed by atoms with Crippen LogP contribution in [0.15, 0.2) is 12.2 Å². The van der Waals surface area contributed by atoms with Crippen LogP contribution >= 0.6 is 0 Å². The third-order valence-corrected chi connectivity index (χ3v) is 5.52. The third kappa shape index (κ3) is 23.2. The molecule has 2 heteroatoms. The van der Waals surface area contributed by atoms with Gasteiger partial charge in [0.25, 0.3) is 0 Å². The molecule has 2 nitrogen and oxygen atoms in total. The zero-order valence-electron chi connectivity index (χ0n) is 19.4. The fraction of sp³-hybridized carbons (Fsp3) is 0.885. The van der Waals surface area contributed by atoms with Crippen LogP contribution in [0, 0.1) is 0 Å². The summed E-state index contributed by atoms with van der Waals surface area (Å²) in [7, 11) is 0. The highest BCUT2D eigenvalue weighted by atomic mass is 16.1. The van der Waals surface area contributed by atoms with E-state index in [4.69, 9.17) is 0 Å². The number of allylic oxidation sites excluding steroid dienone is 2. The number of carbonyl (C=O) groups excluding carboxylic acids is 1. The van der Waals surface area contributed by atoms with Gasteiger partial charge < -0.3 is 5.32 Å². The Morgan fingerprint density at radius 3 is 1.50 bits per heavy atom. The Hall–Kier alpha value is -0.790. The number of amides is 1. The Morgan fingerprint density at radius 1 is 0.571 bits per heavy atom. The molecule has 0 rings (SSSR count). The van der Waals surface area contributed by atoms with Gasteiger partial charge in [0.15, 0.2) is 0 Å². The van der Waals surface area contributed by atoms with Gasteiger partial charge in [0.05, 0.1) is 0 Å². The summed E-state index contributed by atoms with van der Waals surface area (Å²) in [5, 5.41) is 3.00. The lowest BCUT2D eigenvalue weighted by molar-refractivity contribution is -0.121. The van der Waals surface area contributed by atoms with Gasteiger partial charge in [-0.3, -0.25) is 4.79 Å². The van der Waals surface area contributed by atoms with E-state index in [0.29, 0.717) is 0 Å². The van der Waals surface area contributed by atoms with E-state index in [1.165, 1.54) is 103 Å². The Balaban J connectivity index is 3.13. The molecule has 0 aliphatic heterocycles. The van der Waals surface area contributed by atoms with Gasteiger partial charge in [-0.1, -0.05) is 109 Å². The van der Waals surface area contributed by atoms with E-state index in [1.54, 1.807) is 0 Å². The molecule has 1 N–H and O–H groups in total. The molecule has 0 fully saturated rings. The standard InChI is InChI=1S/C26H51NO/c1-3-5-7-8-9-10-11-12-13-14-15-16-17-18-19-20-21-22-23-24-26(28)27-25-6-4-2/h12-13H,3-11,14-25H2,1-2H3,(H,27,28)/b13-12-. The van der Waals surface area contributed by atoms with E-state index in [1.807, 2.05) is 0 Å². The van der Waals surface area contributed by atoms with Crippen molar-refractivity contribution in [1.82, 2.24) is 5.32 Å². The van der Waals surface area contributed by atoms with Crippen LogP contribution in [0.25, 0.3) is 0 Å². The Bertz CT molecular complexity index is 337. The van der Waals surface area contributed by atoms with E-state index in [9.17, 15) is 4.79 Å². The molecule has 0 unspecified atom stereocenters. The number of hydrogen-bond acceptors (Lipinski definition) is 1. The van der Waals surface area contributed by atoms with E-state index >= 15 is 0 Å². The van der Waals surface area contributed by atoms with Crippen LogP contribution in [0.3, 0.4) is 0 Å². The topological polar surface area (TPSA) is 29.1 Å². The van der Waals surface area contributed by atoms with Crippen molar-refractivity contribution in [2.24, 2.45) is 0 Å². The maximum absolute atomic E-state index is 11.6. The molecule has 1 amide bonds. The van der Waals surface area contributed by atoms with Crippen molar-refractivity contribution in [2.45, 2.75) is 142 Å². The van der Waals surface area contributed by atoms with Crippen LogP contribution in [0.5, 0.6) is 0 Å². The van der Waals surface area contributed by atoms with Crippen molar-refractivity contribution < 1.29 is 4.79 Å². The third-order valence-electron chi connectivity index (χ3n) is 5.52. The normalized spacial score (nSPS) is 11.4. The average molecular weight is 394 g/mol. The second-order valence-electron chi connectivity index (χ2n) is 8.45. The molecule has 0 aromatic rings. The largest absolute Gasteiger partial charge is 0.356 e. The molecular weight excluding hydrogens is 342 g/mol. The van der Waals surface area contributed by atoms with Crippen molar-refractivity contribution in [3.05, 3.63) is 12.2 Å². The van der Waals surface area contributed by atoms with Gasteiger partial charge in [-0.05, 0) is 38.5 Å². The first-order valence-electron chi connectivity index (χ1n) is 12.7. The van der Waals surface area contributed by atoms with Crippen LogP contribution in [0.4, 0.5) is 0 Å². The van der Waals surface area contributed by atoms with E-state index in [-0.39, 0.29) is 5.91 Å². The first kappa shape index (κ1) is 27.2. The van der Waals surface area contributed by atoms with Crippen molar-refractivity contribution in [3.8, 4) is 0 Å². The van der Waals surface area contributed by atoms with Crippen LogP contribution in [0.1, 0.15) is 142 Å². The maximum Gasteiger partial charge on any atom is 0.219 e. The summed E-state index contributed by atoms with van der Waals surface area (Å²) < 4.78 is 0. The van der Waals surface area contributed by atoms with Crippen LogP contribution in [0.2, 0.25) is 0 Å². The van der Waals surface area contributed by atoms with Gasteiger partial charge in [0.1, 0.15) is 0 Å². The maximum atomic E-state index is 11.6. The minimum absolute atomic E-state index is 0.245. The smallest absolute Gasteiger partial charge is 0.219 e. The Kier molecular flexibility index (Phi) is 23.6. The predicted octanol–water partition coefficient (Wildman–Crippen LogP) is 8.50. The summed E-state index contributed by atoms with van der Waals surface area (Å²) in [5.74, 6) is 0.245. The monoisotopic (exact) mass is 393 g/mol. The molecule has 0 heterocycles. The molecular formula is C26H51NO. The van der Waals surface area contributed by atoms with E-state index in [2.05, 4.69) is 31.3 Å². The summed E-state index contributed by atoms with van der Waals surface area (Å²) in [6.45, 7) is 5.29. The van der Waals surface area contributed by atoms with Gasteiger partial charge in [0, 0.05) is 13.0 Å². The summed E-state index contributed by atoms with van der Waals surface area (Å²) in [5.41, 5.74) is 0. The molecule has 0 saturated heterocycles. The fourth-order valence-electron chi connectivity index (χ4n) is 3.56. The molecule has 0 aromatic carbocycles. The summed E-state index contributed by atoms with van der Waals surface area (Å²) in [4.78, 5) is 11.6. The highest BCUT2D eigenvalue weighted by Crippen LogP contribution is 2.12. The van der Waals surface area contributed by atoms with Crippen molar-refractivity contribution in [3.63, 3.8) is 0 Å².